The molecule has 1 unspecified atom stereocenters. The van der Waals surface area contributed by atoms with Gasteiger partial charge in [-0.05, 0) is 46.7 Å². The van der Waals surface area contributed by atoms with Gasteiger partial charge in [0.2, 0.25) is 0 Å². The monoisotopic (exact) mass is 240 g/mol. The van der Waals surface area contributed by atoms with Crippen molar-refractivity contribution in [2.24, 2.45) is 0 Å². The molecule has 1 aliphatic rings. The second-order valence-electron chi connectivity index (χ2n) is 6.33. The number of rotatable bonds is 6. The van der Waals surface area contributed by atoms with Gasteiger partial charge >= 0.3 is 0 Å². The SMILES string of the molecule is CCCCCCCN1CC(C)(C)NCCC1C. The third-order valence-electron chi connectivity index (χ3n) is 3.94. The molecule has 17 heavy (non-hydrogen) atoms. The van der Waals surface area contributed by atoms with Crippen molar-refractivity contribution in [1.29, 1.82) is 0 Å². The van der Waals surface area contributed by atoms with Crippen molar-refractivity contribution in [2.75, 3.05) is 19.6 Å². The van der Waals surface area contributed by atoms with Gasteiger partial charge < -0.3 is 5.32 Å². The lowest BCUT2D eigenvalue weighted by atomic mass is 10.0. The van der Waals surface area contributed by atoms with E-state index in [1.165, 1.54) is 58.2 Å². The van der Waals surface area contributed by atoms with Crippen LogP contribution in [0.15, 0.2) is 0 Å². The average Bonchev–Trinajstić information content (AvgIpc) is 2.38. The molecular weight excluding hydrogens is 208 g/mol. The lowest BCUT2D eigenvalue weighted by Gasteiger charge is -2.33. The molecule has 0 amide bonds. The highest BCUT2D eigenvalue weighted by molar-refractivity contribution is 4.87. The topological polar surface area (TPSA) is 15.3 Å². The zero-order valence-electron chi connectivity index (χ0n) is 12.4. The number of nitrogens with zero attached hydrogens (tertiary/aromatic N) is 1. The predicted molar refractivity (Wildman–Crippen MR) is 76.5 cm³/mol. The molecule has 102 valence electrons. The fourth-order valence-electron chi connectivity index (χ4n) is 2.74. The van der Waals surface area contributed by atoms with E-state index in [2.05, 4.69) is 37.9 Å². The van der Waals surface area contributed by atoms with E-state index in [-0.39, 0.29) is 5.54 Å². The minimum atomic E-state index is 0.286. The highest BCUT2D eigenvalue weighted by atomic mass is 15.2. The Kier molecular flexibility index (Phi) is 6.50. The van der Waals surface area contributed by atoms with Crippen molar-refractivity contribution in [3.8, 4) is 0 Å². The second-order valence-corrected chi connectivity index (χ2v) is 6.33. The Morgan fingerprint density at radius 1 is 1.18 bits per heavy atom. The van der Waals surface area contributed by atoms with Crippen LogP contribution in [0.1, 0.15) is 66.2 Å². The zero-order valence-corrected chi connectivity index (χ0v) is 12.4. The van der Waals surface area contributed by atoms with Crippen molar-refractivity contribution in [2.45, 2.75) is 77.8 Å². The predicted octanol–water partition coefficient (Wildman–Crippen LogP) is 3.42. The summed E-state index contributed by atoms with van der Waals surface area (Å²) >= 11 is 0. The summed E-state index contributed by atoms with van der Waals surface area (Å²) in [6, 6.07) is 0.746. The van der Waals surface area contributed by atoms with E-state index in [0.29, 0.717) is 0 Å². The molecule has 1 atom stereocenters. The lowest BCUT2D eigenvalue weighted by molar-refractivity contribution is 0.177. The fourth-order valence-corrected chi connectivity index (χ4v) is 2.74. The third-order valence-corrected chi connectivity index (χ3v) is 3.94. The van der Waals surface area contributed by atoms with Crippen molar-refractivity contribution < 1.29 is 0 Å². The average molecular weight is 240 g/mol. The normalized spacial score (nSPS) is 25.8. The van der Waals surface area contributed by atoms with Gasteiger partial charge in [-0.25, -0.2) is 0 Å². The lowest BCUT2D eigenvalue weighted by Crippen LogP contribution is -2.47. The molecule has 1 aliphatic heterocycles. The highest BCUT2D eigenvalue weighted by Gasteiger charge is 2.27. The summed E-state index contributed by atoms with van der Waals surface area (Å²) in [7, 11) is 0. The summed E-state index contributed by atoms with van der Waals surface area (Å²) in [5.41, 5.74) is 0.286. The quantitative estimate of drug-likeness (QED) is 0.716. The molecule has 2 heteroatoms. The molecule has 1 N–H and O–H groups in total. The van der Waals surface area contributed by atoms with Crippen LogP contribution in [0.5, 0.6) is 0 Å². The first kappa shape index (κ1) is 15.0. The Morgan fingerprint density at radius 3 is 2.59 bits per heavy atom. The molecule has 0 aromatic heterocycles. The summed E-state index contributed by atoms with van der Waals surface area (Å²) in [5.74, 6) is 0. The molecule has 0 saturated carbocycles. The maximum absolute atomic E-state index is 3.65. The summed E-state index contributed by atoms with van der Waals surface area (Å²) in [6.45, 7) is 13.0. The second kappa shape index (κ2) is 7.38. The Morgan fingerprint density at radius 2 is 1.88 bits per heavy atom. The summed E-state index contributed by atoms with van der Waals surface area (Å²) in [4.78, 5) is 2.69. The van der Waals surface area contributed by atoms with Crippen molar-refractivity contribution >= 4 is 0 Å². The number of hydrogen-bond donors (Lipinski definition) is 1. The first-order chi connectivity index (χ1) is 8.05. The highest BCUT2D eigenvalue weighted by Crippen LogP contribution is 2.16. The third kappa shape index (κ3) is 5.87. The molecule has 0 radical (unpaired) electrons. The molecule has 1 fully saturated rings. The number of nitrogens with one attached hydrogen (secondary N) is 1. The number of hydrogen-bond acceptors (Lipinski definition) is 2. The molecule has 0 aromatic carbocycles. The first-order valence-electron chi connectivity index (χ1n) is 7.54. The smallest absolute Gasteiger partial charge is 0.0252 e. The maximum Gasteiger partial charge on any atom is 0.0252 e. The zero-order chi connectivity index (χ0) is 12.7. The summed E-state index contributed by atoms with van der Waals surface area (Å²) < 4.78 is 0. The van der Waals surface area contributed by atoms with Crippen LogP contribution in [0, 0.1) is 0 Å². The van der Waals surface area contributed by atoms with E-state index in [0.717, 1.165) is 6.04 Å². The van der Waals surface area contributed by atoms with Crippen molar-refractivity contribution in [1.82, 2.24) is 10.2 Å². The first-order valence-corrected chi connectivity index (χ1v) is 7.54. The van der Waals surface area contributed by atoms with E-state index in [1.807, 2.05) is 0 Å². The Bertz CT molecular complexity index is 201. The fraction of sp³-hybridized carbons (Fsp3) is 1.00. The summed E-state index contributed by atoms with van der Waals surface area (Å²) in [5, 5.41) is 3.65. The molecular formula is C15H32N2. The largest absolute Gasteiger partial charge is 0.310 e. The van der Waals surface area contributed by atoms with Crippen molar-refractivity contribution in [3.05, 3.63) is 0 Å². The van der Waals surface area contributed by atoms with Gasteiger partial charge in [0.1, 0.15) is 0 Å². The van der Waals surface area contributed by atoms with Crippen LogP contribution in [0.3, 0.4) is 0 Å². The molecule has 0 aliphatic carbocycles. The van der Waals surface area contributed by atoms with Crippen molar-refractivity contribution in [3.63, 3.8) is 0 Å². The molecule has 0 aromatic rings. The van der Waals surface area contributed by atoms with E-state index in [4.69, 9.17) is 0 Å². The van der Waals surface area contributed by atoms with Crippen LogP contribution in [-0.2, 0) is 0 Å². The molecule has 1 saturated heterocycles. The van der Waals surface area contributed by atoms with Gasteiger partial charge in [0, 0.05) is 18.1 Å². The van der Waals surface area contributed by atoms with Crippen LogP contribution in [0.25, 0.3) is 0 Å². The standard InChI is InChI=1S/C15H32N2/c1-5-6-7-8-9-12-17-13-15(3,4)16-11-10-14(17)2/h14,16H,5-13H2,1-4H3. The minimum absolute atomic E-state index is 0.286. The Labute approximate surface area is 108 Å². The number of unbranched alkanes of at least 4 members (excludes halogenated alkanes) is 4. The van der Waals surface area contributed by atoms with Crippen LogP contribution in [-0.4, -0.2) is 36.1 Å². The van der Waals surface area contributed by atoms with Crippen LogP contribution >= 0.6 is 0 Å². The van der Waals surface area contributed by atoms with Gasteiger partial charge in [-0.2, -0.15) is 0 Å². The molecule has 0 spiro atoms. The summed E-state index contributed by atoms with van der Waals surface area (Å²) in [6.07, 6.45) is 8.24. The van der Waals surface area contributed by atoms with Crippen LogP contribution in [0.4, 0.5) is 0 Å². The molecule has 2 nitrogen and oxygen atoms in total. The Balaban J connectivity index is 2.28. The van der Waals surface area contributed by atoms with E-state index in [9.17, 15) is 0 Å². The van der Waals surface area contributed by atoms with Gasteiger partial charge in [-0.1, -0.05) is 32.6 Å². The molecule has 1 heterocycles. The van der Waals surface area contributed by atoms with Gasteiger partial charge in [0.25, 0.3) is 0 Å². The maximum atomic E-state index is 3.65. The van der Waals surface area contributed by atoms with E-state index >= 15 is 0 Å². The van der Waals surface area contributed by atoms with Gasteiger partial charge in [-0.3, -0.25) is 4.90 Å². The van der Waals surface area contributed by atoms with Crippen LogP contribution in [0.2, 0.25) is 0 Å². The van der Waals surface area contributed by atoms with Crippen LogP contribution < -0.4 is 5.32 Å². The Hall–Kier alpha value is -0.0800. The van der Waals surface area contributed by atoms with Gasteiger partial charge in [0.05, 0.1) is 0 Å². The molecule has 1 rings (SSSR count). The van der Waals surface area contributed by atoms with E-state index in [1.54, 1.807) is 0 Å². The van der Waals surface area contributed by atoms with E-state index < -0.39 is 0 Å². The molecule has 0 bridgehead atoms. The van der Waals surface area contributed by atoms with Gasteiger partial charge in [0.15, 0.2) is 0 Å². The van der Waals surface area contributed by atoms with Gasteiger partial charge in [-0.15, -0.1) is 0 Å². The minimum Gasteiger partial charge on any atom is -0.310 e.